The number of anilines is 1. The third-order valence-electron chi connectivity index (χ3n) is 2.06. The van der Waals surface area contributed by atoms with E-state index in [1.54, 1.807) is 0 Å². The van der Waals surface area contributed by atoms with Gasteiger partial charge in [-0.3, -0.25) is 14.9 Å². The molecule has 2 amide bonds. The fourth-order valence-corrected chi connectivity index (χ4v) is 1.25. The van der Waals surface area contributed by atoms with Crippen molar-refractivity contribution in [1.82, 2.24) is 4.90 Å². The molecule has 0 atom stereocenters. The molecule has 0 aliphatic rings. The monoisotopic (exact) mass is 271 g/mol. The number of rotatable bonds is 4. The Balaban J connectivity index is 2.84. The molecule has 2 N–H and O–H groups in total. The summed E-state index contributed by atoms with van der Waals surface area (Å²) in [6, 6.07) is 1.74. The number of nitro groups is 1. The third kappa shape index (κ3) is 4.22. The number of carbonyl (C=O) groups is 2. The zero-order chi connectivity index (χ0) is 14.6. The molecular formula is C10H10FN3O5. The number of non-ortho nitro benzene ring substituents is 1. The van der Waals surface area contributed by atoms with E-state index >= 15 is 0 Å². The molecule has 0 saturated heterocycles. The van der Waals surface area contributed by atoms with Crippen LogP contribution in [0.25, 0.3) is 0 Å². The van der Waals surface area contributed by atoms with Crippen LogP contribution in [-0.2, 0) is 4.79 Å². The Morgan fingerprint density at radius 2 is 2.11 bits per heavy atom. The van der Waals surface area contributed by atoms with Gasteiger partial charge in [0, 0.05) is 13.1 Å². The van der Waals surface area contributed by atoms with E-state index in [-0.39, 0.29) is 5.69 Å². The number of carbonyl (C=O) groups excluding carboxylic acids is 1. The van der Waals surface area contributed by atoms with Crippen LogP contribution in [-0.4, -0.2) is 40.5 Å². The van der Waals surface area contributed by atoms with E-state index in [0.717, 1.165) is 17.0 Å². The molecule has 1 aromatic carbocycles. The van der Waals surface area contributed by atoms with Crippen LogP contribution in [0.5, 0.6) is 0 Å². The molecule has 0 unspecified atom stereocenters. The van der Waals surface area contributed by atoms with Crippen molar-refractivity contribution in [2.45, 2.75) is 0 Å². The summed E-state index contributed by atoms with van der Waals surface area (Å²) < 4.78 is 13.1. The number of urea groups is 1. The van der Waals surface area contributed by atoms with Gasteiger partial charge < -0.3 is 15.3 Å². The zero-order valence-electron chi connectivity index (χ0n) is 9.79. The largest absolute Gasteiger partial charge is 0.480 e. The van der Waals surface area contributed by atoms with Gasteiger partial charge >= 0.3 is 12.0 Å². The van der Waals surface area contributed by atoms with Gasteiger partial charge in [-0.1, -0.05) is 0 Å². The van der Waals surface area contributed by atoms with E-state index in [2.05, 4.69) is 5.32 Å². The van der Waals surface area contributed by atoms with E-state index < -0.39 is 35.0 Å². The lowest BCUT2D eigenvalue weighted by Gasteiger charge is -2.15. The van der Waals surface area contributed by atoms with Crippen LogP contribution < -0.4 is 5.32 Å². The molecule has 9 heteroatoms. The summed E-state index contributed by atoms with van der Waals surface area (Å²) in [5.41, 5.74) is -0.648. The van der Waals surface area contributed by atoms with Crippen molar-refractivity contribution in [2.24, 2.45) is 0 Å². The van der Waals surface area contributed by atoms with Gasteiger partial charge in [0.05, 0.1) is 16.7 Å². The second-order valence-electron chi connectivity index (χ2n) is 3.64. The Bertz CT molecular complexity index is 534. The average Bonchev–Trinajstić information content (AvgIpc) is 2.26. The van der Waals surface area contributed by atoms with Gasteiger partial charge in [0.2, 0.25) is 0 Å². The van der Waals surface area contributed by atoms with E-state index in [0.29, 0.717) is 6.07 Å². The molecule has 19 heavy (non-hydrogen) atoms. The van der Waals surface area contributed by atoms with Gasteiger partial charge in [-0.15, -0.1) is 0 Å². The van der Waals surface area contributed by atoms with Crippen molar-refractivity contribution in [3.63, 3.8) is 0 Å². The number of likely N-dealkylation sites (N-methyl/N-ethyl adjacent to an activating group) is 1. The third-order valence-corrected chi connectivity index (χ3v) is 2.06. The van der Waals surface area contributed by atoms with E-state index in [1.165, 1.54) is 7.05 Å². The van der Waals surface area contributed by atoms with Crippen LogP contribution in [0.1, 0.15) is 0 Å². The van der Waals surface area contributed by atoms with Crippen molar-refractivity contribution in [2.75, 3.05) is 18.9 Å². The molecule has 0 saturated carbocycles. The number of nitrogens with zero attached hydrogens (tertiary/aromatic N) is 2. The Kier molecular flexibility index (Phi) is 4.35. The predicted octanol–water partition coefficient (Wildman–Crippen LogP) is 1.28. The number of benzene rings is 1. The summed E-state index contributed by atoms with van der Waals surface area (Å²) in [4.78, 5) is 32.4. The lowest BCUT2D eigenvalue weighted by molar-refractivity contribution is -0.385. The smallest absolute Gasteiger partial charge is 0.323 e. The molecule has 0 heterocycles. The number of nitrogens with one attached hydrogen (secondary N) is 1. The minimum atomic E-state index is -1.22. The maximum atomic E-state index is 13.1. The first-order chi connectivity index (χ1) is 8.79. The maximum Gasteiger partial charge on any atom is 0.323 e. The summed E-state index contributed by atoms with van der Waals surface area (Å²) in [5.74, 6) is -2.10. The van der Waals surface area contributed by atoms with E-state index in [1.807, 2.05) is 0 Å². The predicted molar refractivity (Wildman–Crippen MR) is 62.3 cm³/mol. The van der Waals surface area contributed by atoms with Gasteiger partial charge in [-0.05, 0) is 6.07 Å². The SMILES string of the molecule is CN(CC(=O)O)C(=O)Nc1cc(F)cc([N+](=O)[O-])c1. The molecule has 8 nitrogen and oxygen atoms in total. The number of carboxylic acids is 1. The fourth-order valence-electron chi connectivity index (χ4n) is 1.25. The summed E-state index contributed by atoms with van der Waals surface area (Å²) in [5, 5.41) is 21.2. The zero-order valence-corrected chi connectivity index (χ0v) is 9.79. The Morgan fingerprint density at radius 1 is 1.47 bits per heavy atom. The van der Waals surface area contributed by atoms with Gasteiger partial charge in [0.15, 0.2) is 0 Å². The van der Waals surface area contributed by atoms with Crippen LogP contribution >= 0.6 is 0 Å². The quantitative estimate of drug-likeness (QED) is 0.632. The molecule has 0 aliphatic carbocycles. The Hall–Kier alpha value is -2.71. The van der Waals surface area contributed by atoms with E-state index in [9.17, 15) is 24.1 Å². The number of amides is 2. The normalized spacial score (nSPS) is 9.79. The maximum absolute atomic E-state index is 13.1. The molecule has 1 rings (SSSR count). The average molecular weight is 271 g/mol. The molecule has 0 aliphatic heterocycles. The number of halogens is 1. The number of carboxylic acid groups (broad SMARTS) is 1. The first-order valence-corrected chi connectivity index (χ1v) is 4.98. The highest BCUT2D eigenvalue weighted by atomic mass is 19.1. The highest BCUT2D eigenvalue weighted by Gasteiger charge is 2.15. The van der Waals surface area contributed by atoms with Gasteiger partial charge in [0.1, 0.15) is 12.4 Å². The molecule has 0 radical (unpaired) electrons. The lowest BCUT2D eigenvalue weighted by Crippen LogP contribution is -2.35. The van der Waals surface area contributed by atoms with Gasteiger partial charge in [-0.25, -0.2) is 9.18 Å². The standard InChI is InChI=1S/C10H10FN3O5/c1-13(5-9(15)16)10(17)12-7-2-6(11)3-8(4-7)14(18)19/h2-4H,5H2,1H3,(H,12,17)(H,15,16). The lowest BCUT2D eigenvalue weighted by atomic mass is 10.2. The van der Waals surface area contributed by atoms with Gasteiger partial charge in [0.25, 0.3) is 5.69 Å². The van der Waals surface area contributed by atoms with Crippen LogP contribution in [0.15, 0.2) is 18.2 Å². The first-order valence-electron chi connectivity index (χ1n) is 4.98. The highest BCUT2D eigenvalue weighted by molar-refractivity contribution is 5.91. The second-order valence-corrected chi connectivity index (χ2v) is 3.64. The summed E-state index contributed by atoms with van der Waals surface area (Å²) in [6.07, 6.45) is 0. The summed E-state index contributed by atoms with van der Waals surface area (Å²) in [7, 11) is 1.22. The molecule has 102 valence electrons. The molecular weight excluding hydrogens is 261 g/mol. The van der Waals surface area contributed by atoms with Gasteiger partial charge in [-0.2, -0.15) is 0 Å². The van der Waals surface area contributed by atoms with Crippen molar-refractivity contribution in [3.8, 4) is 0 Å². The van der Waals surface area contributed by atoms with E-state index in [4.69, 9.17) is 5.11 Å². The van der Waals surface area contributed by atoms with Crippen LogP contribution in [0.2, 0.25) is 0 Å². The van der Waals surface area contributed by atoms with Crippen LogP contribution in [0.3, 0.4) is 0 Å². The van der Waals surface area contributed by atoms with Crippen LogP contribution in [0.4, 0.5) is 20.6 Å². The second kappa shape index (κ2) is 5.76. The Labute approximate surface area is 106 Å². The van der Waals surface area contributed by atoms with Crippen LogP contribution in [0, 0.1) is 15.9 Å². The fraction of sp³-hybridized carbons (Fsp3) is 0.200. The molecule has 0 bridgehead atoms. The molecule has 0 fully saturated rings. The number of hydrogen-bond acceptors (Lipinski definition) is 4. The van der Waals surface area contributed by atoms with Crippen molar-refractivity contribution < 1.29 is 24.0 Å². The molecule has 1 aromatic rings. The summed E-state index contributed by atoms with van der Waals surface area (Å²) >= 11 is 0. The Morgan fingerprint density at radius 3 is 2.63 bits per heavy atom. The first kappa shape index (κ1) is 14.4. The van der Waals surface area contributed by atoms with Crippen molar-refractivity contribution in [1.29, 1.82) is 0 Å². The minimum Gasteiger partial charge on any atom is -0.480 e. The number of aliphatic carboxylic acids is 1. The number of nitro benzene ring substituents is 1. The minimum absolute atomic E-state index is 0.131. The summed E-state index contributed by atoms with van der Waals surface area (Å²) in [6.45, 7) is -0.552. The molecule has 0 spiro atoms. The highest BCUT2D eigenvalue weighted by Crippen LogP contribution is 2.20. The topological polar surface area (TPSA) is 113 Å². The van der Waals surface area contributed by atoms with Crippen molar-refractivity contribution in [3.05, 3.63) is 34.1 Å². The number of hydrogen-bond donors (Lipinski definition) is 2. The molecule has 0 aromatic heterocycles. The van der Waals surface area contributed by atoms with Crippen molar-refractivity contribution >= 4 is 23.4 Å².